The molecule has 8 heteroatoms. The number of benzene rings is 1. The van der Waals surface area contributed by atoms with Gasteiger partial charge in [-0.25, -0.2) is 0 Å². The molecule has 0 spiro atoms. The predicted octanol–water partition coefficient (Wildman–Crippen LogP) is 2.93. The van der Waals surface area contributed by atoms with Gasteiger partial charge in [0.2, 0.25) is 0 Å². The van der Waals surface area contributed by atoms with Gasteiger partial charge in [0.1, 0.15) is 15.9 Å². The Morgan fingerprint density at radius 1 is 1.52 bits per heavy atom. The number of nitro groups is 1. The van der Waals surface area contributed by atoms with Crippen LogP contribution < -0.4 is 0 Å². The van der Waals surface area contributed by atoms with E-state index in [1.165, 1.54) is 23.1 Å². The van der Waals surface area contributed by atoms with Crippen LogP contribution in [0, 0.1) is 17.0 Å². The number of hydrogen-bond acceptors (Lipinski definition) is 5. The number of aryl methyl sites for hydroxylation is 1. The summed E-state index contributed by atoms with van der Waals surface area (Å²) < 4.78 is 5.11. The van der Waals surface area contributed by atoms with Crippen molar-refractivity contribution in [1.29, 1.82) is 0 Å². The van der Waals surface area contributed by atoms with Crippen LogP contribution in [-0.2, 0) is 6.54 Å². The van der Waals surface area contributed by atoms with Gasteiger partial charge in [-0.3, -0.25) is 14.9 Å². The van der Waals surface area contributed by atoms with Gasteiger partial charge >= 0.3 is 0 Å². The van der Waals surface area contributed by atoms with Crippen molar-refractivity contribution in [2.45, 2.75) is 13.5 Å². The Balaban J connectivity index is 2.23. The number of rotatable bonds is 4. The molecule has 0 unspecified atom stereocenters. The number of carbonyl (C=O) groups is 1. The van der Waals surface area contributed by atoms with E-state index in [1.54, 1.807) is 20.0 Å². The smallest absolute Gasteiger partial charge is 0.284 e. The summed E-state index contributed by atoms with van der Waals surface area (Å²) in [5, 5.41) is 14.7. The number of aromatic nitrogens is 1. The minimum absolute atomic E-state index is 0.147. The van der Waals surface area contributed by atoms with Crippen LogP contribution in [0.5, 0.6) is 0 Å². The van der Waals surface area contributed by atoms with E-state index in [-0.39, 0.29) is 28.2 Å². The minimum Gasteiger partial charge on any atom is -0.361 e. The number of carbonyl (C=O) groups excluding carboxylic acids is 1. The van der Waals surface area contributed by atoms with E-state index in [4.69, 9.17) is 4.52 Å². The summed E-state index contributed by atoms with van der Waals surface area (Å²) in [6, 6.07) is 6.07. The van der Waals surface area contributed by atoms with Gasteiger partial charge < -0.3 is 9.42 Å². The molecule has 0 aliphatic carbocycles. The van der Waals surface area contributed by atoms with Crippen LogP contribution in [0.1, 0.15) is 21.8 Å². The molecule has 1 aromatic heterocycles. The Hall–Kier alpha value is -2.22. The Kier molecular flexibility index (Phi) is 4.37. The van der Waals surface area contributed by atoms with E-state index in [0.29, 0.717) is 11.5 Å². The lowest BCUT2D eigenvalue weighted by Crippen LogP contribution is -2.26. The van der Waals surface area contributed by atoms with Crippen molar-refractivity contribution in [2.75, 3.05) is 7.05 Å². The highest BCUT2D eigenvalue weighted by Crippen LogP contribution is 2.29. The molecule has 0 aliphatic rings. The van der Waals surface area contributed by atoms with E-state index >= 15 is 0 Å². The van der Waals surface area contributed by atoms with Crippen molar-refractivity contribution < 1.29 is 14.2 Å². The van der Waals surface area contributed by atoms with E-state index in [2.05, 4.69) is 21.1 Å². The third-order valence-corrected chi connectivity index (χ3v) is 3.66. The van der Waals surface area contributed by atoms with Crippen LogP contribution in [0.15, 0.2) is 33.3 Å². The van der Waals surface area contributed by atoms with Gasteiger partial charge in [-0.15, -0.1) is 0 Å². The second-order valence-corrected chi connectivity index (χ2v) is 5.28. The topological polar surface area (TPSA) is 89.5 Å². The number of nitro benzene ring substituents is 1. The predicted molar refractivity (Wildman–Crippen MR) is 77.8 cm³/mol. The summed E-state index contributed by atoms with van der Waals surface area (Å²) in [4.78, 5) is 24.1. The molecule has 110 valence electrons. The maximum absolute atomic E-state index is 12.4. The summed E-state index contributed by atoms with van der Waals surface area (Å²) in [6.45, 7) is 2.01. The maximum atomic E-state index is 12.4. The fourth-order valence-corrected chi connectivity index (χ4v) is 2.42. The molecule has 0 saturated heterocycles. The lowest BCUT2D eigenvalue weighted by molar-refractivity contribution is -0.385. The minimum atomic E-state index is -0.540. The highest BCUT2D eigenvalue weighted by Gasteiger charge is 2.22. The largest absolute Gasteiger partial charge is 0.361 e. The Bertz CT molecular complexity index is 698. The van der Waals surface area contributed by atoms with Gasteiger partial charge in [-0.05, 0) is 28.9 Å². The molecular weight excluding hydrogens is 342 g/mol. The van der Waals surface area contributed by atoms with E-state index < -0.39 is 4.92 Å². The van der Waals surface area contributed by atoms with Gasteiger partial charge in [0.05, 0.1) is 17.0 Å². The van der Waals surface area contributed by atoms with E-state index in [9.17, 15) is 14.9 Å². The van der Waals surface area contributed by atoms with Crippen molar-refractivity contribution >= 4 is 27.5 Å². The van der Waals surface area contributed by atoms with Crippen LogP contribution in [0.3, 0.4) is 0 Å². The molecule has 0 atom stereocenters. The summed E-state index contributed by atoms with van der Waals surface area (Å²) in [6.07, 6.45) is 0. The lowest BCUT2D eigenvalue weighted by atomic mass is 10.1. The number of nitrogens with zero attached hydrogens (tertiary/aromatic N) is 3. The number of hydrogen-bond donors (Lipinski definition) is 0. The van der Waals surface area contributed by atoms with E-state index in [0.717, 1.165) is 0 Å². The highest BCUT2D eigenvalue weighted by atomic mass is 79.9. The van der Waals surface area contributed by atoms with Gasteiger partial charge in [0.25, 0.3) is 11.6 Å². The SMILES string of the molecule is Cc1cc(CN(C)C(=O)c2cccc([N+](=O)[O-])c2Br)no1. The van der Waals surface area contributed by atoms with Crippen LogP contribution >= 0.6 is 15.9 Å². The van der Waals surface area contributed by atoms with Crippen molar-refractivity contribution in [2.24, 2.45) is 0 Å². The van der Waals surface area contributed by atoms with Crippen LogP contribution in [0.2, 0.25) is 0 Å². The second-order valence-electron chi connectivity index (χ2n) is 4.49. The summed E-state index contributed by atoms with van der Waals surface area (Å²) >= 11 is 3.12. The van der Waals surface area contributed by atoms with Crippen LogP contribution in [0.25, 0.3) is 0 Å². The van der Waals surface area contributed by atoms with Gasteiger partial charge in [-0.2, -0.15) is 0 Å². The molecule has 0 N–H and O–H groups in total. The third kappa shape index (κ3) is 3.27. The third-order valence-electron chi connectivity index (χ3n) is 2.83. The van der Waals surface area contributed by atoms with Crippen LogP contribution in [-0.4, -0.2) is 27.9 Å². The fourth-order valence-electron chi connectivity index (χ4n) is 1.84. The van der Waals surface area contributed by atoms with Gasteiger partial charge in [0, 0.05) is 19.2 Å². The quantitative estimate of drug-likeness (QED) is 0.622. The molecular formula is C13H12BrN3O4. The maximum Gasteiger partial charge on any atom is 0.284 e. The summed E-state index contributed by atoms with van der Waals surface area (Å²) in [5.74, 6) is 0.314. The molecule has 0 aliphatic heterocycles. The second kappa shape index (κ2) is 6.04. The van der Waals surface area contributed by atoms with Crippen molar-refractivity contribution in [1.82, 2.24) is 10.1 Å². The molecule has 1 aromatic carbocycles. The first kappa shape index (κ1) is 15.2. The monoisotopic (exact) mass is 353 g/mol. The lowest BCUT2D eigenvalue weighted by Gasteiger charge is -2.16. The average molecular weight is 354 g/mol. The molecule has 0 bridgehead atoms. The zero-order valence-corrected chi connectivity index (χ0v) is 13.0. The first-order valence-corrected chi connectivity index (χ1v) is 6.80. The molecule has 1 heterocycles. The standard InChI is InChI=1S/C13H12BrN3O4/c1-8-6-9(15-21-8)7-16(2)13(18)10-4-3-5-11(12(10)14)17(19)20/h3-6H,7H2,1-2H3. The van der Waals surface area contributed by atoms with Gasteiger partial charge in [-0.1, -0.05) is 11.2 Å². The molecule has 0 fully saturated rings. The summed E-state index contributed by atoms with van der Waals surface area (Å²) in [5.41, 5.74) is 0.698. The average Bonchev–Trinajstić information content (AvgIpc) is 2.83. The van der Waals surface area contributed by atoms with Crippen molar-refractivity contribution in [3.63, 3.8) is 0 Å². The Morgan fingerprint density at radius 2 is 2.24 bits per heavy atom. The van der Waals surface area contributed by atoms with Gasteiger partial charge in [0.15, 0.2) is 0 Å². The highest BCUT2D eigenvalue weighted by molar-refractivity contribution is 9.10. The Labute approximate surface area is 128 Å². The normalized spacial score (nSPS) is 10.4. The molecule has 21 heavy (non-hydrogen) atoms. The number of halogens is 1. The molecule has 0 radical (unpaired) electrons. The molecule has 7 nitrogen and oxygen atoms in total. The molecule has 0 saturated carbocycles. The molecule has 2 aromatic rings. The van der Waals surface area contributed by atoms with E-state index in [1.807, 2.05) is 0 Å². The van der Waals surface area contributed by atoms with Crippen LogP contribution in [0.4, 0.5) is 5.69 Å². The van der Waals surface area contributed by atoms with Crippen molar-refractivity contribution in [3.8, 4) is 0 Å². The molecule has 1 amide bonds. The first-order chi connectivity index (χ1) is 9.90. The fraction of sp³-hybridized carbons (Fsp3) is 0.231. The van der Waals surface area contributed by atoms with Crippen molar-refractivity contribution in [3.05, 3.63) is 55.9 Å². The Morgan fingerprint density at radius 3 is 2.81 bits per heavy atom. The number of amides is 1. The zero-order valence-electron chi connectivity index (χ0n) is 11.4. The zero-order chi connectivity index (χ0) is 15.6. The first-order valence-electron chi connectivity index (χ1n) is 6.00. The summed E-state index contributed by atoms with van der Waals surface area (Å²) in [7, 11) is 1.59. The molecule has 2 rings (SSSR count).